The molecule has 0 saturated carbocycles. The Bertz CT molecular complexity index is 529. The van der Waals surface area contributed by atoms with Crippen LogP contribution in [-0.4, -0.2) is 50.4 Å². The van der Waals surface area contributed by atoms with Crippen molar-refractivity contribution in [1.82, 2.24) is 10.2 Å². The van der Waals surface area contributed by atoms with Crippen LogP contribution in [-0.2, 0) is 16.1 Å². The van der Waals surface area contributed by atoms with E-state index in [4.69, 9.17) is 14.2 Å². The lowest BCUT2D eigenvalue weighted by molar-refractivity contribution is -0.129. The summed E-state index contributed by atoms with van der Waals surface area (Å²) in [6.45, 7) is 2.73. The van der Waals surface area contributed by atoms with Gasteiger partial charge in [-0.25, -0.2) is 0 Å². The molecule has 1 amide bonds. The molecule has 120 valence electrons. The zero-order valence-corrected chi connectivity index (χ0v) is 12.8. The van der Waals surface area contributed by atoms with E-state index >= 15 is 0 Å². The Morgan fingerprint density at radius 2 is 2.23 bits per heavy atom. The van der Waals surface area contributed by atoms with Crippen LogP contribution in [0.2, 0.25) is 0 Å². The van der Waals surface area contributed by atoms with Gasteiger partial charge in [-0.1, -0.05) is 6.07 Å². The van der Waals surface area contributed by atoms with Gasteiger partial charge in [0, 0.05) is 26.7 Å². The third-order valence-electron chi connectivity index (χ3n) is 3.95. The minimum absolute atomic E-state index is 0.0654. The normalized spacial score (nSPS) is 19.4. The fraction of sp³-hybridized carbons (Fsp3) is 0.562. The second kappa shape index (κ2) is 6.98. The molecule has 6 nitrogen and oxygen atoms in total. The molecule has 22 heavy (non-hydrogen) atoms. The average Bonchev–Trinajstić information content (AvgIpc) is 3.17. The van der Waals surface area contributed by atoms with Gasteiger partial charge < -0.3 is 24.4 Å². The summed E-state index contributed by atoms with van der Waals surface area (Å²) < 4.78 is 16.2. The Morgan fingerprint density at radius 3 is 3.05 bits per heavy atom. The van der Waals surface area contributed by atoms with Gasteiger partial charge >= 0.3 is 0 Å². The number of hydrogen-bond donors (Lipinski definition) is 1. The molecular formula is C16H22N2O4. The number of hydrogen-bond acceptors (Lipinski definition) is 5. The van der Waals surface area contributed by atoms with Crippen LogP contribution in [0.5, 0.6) is 11.5 Å². The molecule has 2 heterocycles. The van der Waals surface area contributed by atoms with E-state index < -0.39 is 0 Å². The number of nitrogens with zero attached hydrogens (tertiary/aromatic N) is 1. The van der Waals surface area contributed by atoms with Crippen molar-refractivity contribution in [2.45, 2.75) is 25.5 Å². The molecule has 1 atom stereocenters. The van der Waals surface area contributed by atoms with Gasteiger partial charge in [-0.15, -0.1) is 0 Å². The smallest absolute Gasteiger partial charge is 0.236 e. The fourth-order valence-corrected chi connectivity index (χ4v) is 2.68. The van der Waals surface area contributed by atoms with Gasteiger partial charge in [0.25, 0.3) is 0 Å². The topological polar surface area (TPSA) is 60.0 Å². The Morgan fingerprint density at radius 1 is 1.36 bits per heavy atom. The quantitative estimate of drug-likeness (QED) is 0.854. The second-order valence-electron chi connectivity index (χ2n) is 5.70. The fourth-order valence-electron chi connectivity index (χ4n) is 2.68. The van der Waals surface area contributed by atoms with Gasteiger partial charge in [0.2, 0.25) is 12.7 Å². The Hall–Kier alpha value is -1.79. The second-order valence-corrected chi connectivity index (χ2v) is 5.70. The number of carbonyl (C=O) groups excluding carboxylic acids is 1. The van der Waals surface area contributed by atoms with E-state index in [-0.39, 0.29) is 18.8 Å². The zero-order valence-electron chi connectivity index (χ0n) is 12.8. The molecule has 3 rings (SSSR count). The lowest BCUT2D eigenvalue weighted by Crippen LogP contribution is -2.38. The highest BCUT2D eigenvalue weighted by Gasteiger charge is 2.17. The largest absolute Gasteiger partial charge is 0.454 e. The molecule has 2 aliphatic rings. The summed E-state index contributed by atoms with van der Waals surface area (Å²) in [7, 11) is 1.81. The van der Waals surface area contributed by atoms with Crippen molar-refractivity contribution < 1.29 is 19.0 Å². The summed E-state index contributed by atoms with van der Waals surface area (Å²) in [6.07, 6.45) is 2.45. The highest BCUT2D eigenvalue weighted by Crippen LogP contribution is 2.32. The molecule has 1 aromatic carbocycles. The van der Waals surface area contributed by atoms with Crippen LogP contribution < -0.4 is 14.8 Å². The predicted octanol–water partition coefficient (Wildman–Crippen LogP) is 1.14. The van der Waals surface area contributed by atoms with Crippen LogP contribution >= 0.6 is 0 Å². The van der Waals surface area contributed by atoms with Crippen molar-refractivity contribution in [2.24, 2.45) is 0 Å². The maximum absolute atomic E-state index is 12.1. The number of nitrogens with one attached hydrogen (secondary N) is 1. The molecule has 2 aliphatic heterocycles. The van der Waals surface area contributed by atoms with Crippen LogP contribution in [0.4, 0.5) is 0 Å². The van der Waals surface area contributed by atoms with E-state index in [0.717, 1.165) is 43.1 Å². The minimum atomic E-state index is 0.0654. The van der Waals surface area contributed by atoms with Crippen molar-refractivity contribution >= 4 is 5.91 Å². The molecule has 0 bridgehead atoms. The van der Waals surface area contributed by atoms with Gasteiger partial charge in [0.15, 0.2) is 11.5 Å². The average molecular weight is 306 g/mol. The van der Waals surface area contributed by atoms with Crippen LogP contribution in [0, 0.1) is 0 Å². The lowest BCUT2D eigenvalue weighted by Gasteiger charge is -2.18. The summed E-state index contributed by atoms with van der Waals surface area (Å²) in [5, 5.41) is 3.17. The van der Waals surface area contributed by atoms with Crippen molar-refractivity contribution in [3.63, 3.8) is 0 Å². The molecule has 1 N–H and O–H groups in total. The molecule has 0 aromatic heterocycles. The Labute approximate surface area is 130 Å². The monoisotopic (exact) mass is 306 g/mol. The number of rotatable bonds is 6. The molecular weight excluding hydrogens is 284 g/mol. The van der Waals surface area contributed by atoms with E-state index in [1.165, 1.54) is 0 Å². The third kappa shape index (κ3) is 3.69. The van der Waals surface area contributed by atoms with Crippen molar-refractivity contribution in [3.8, 4) is 11.5 Å². The molecule has 1 unspecified atom stereocenters. The summed E-state index contributed by atoms with van der Waals surface area (Å²) in [5.74, 6) is 1.57. The van der Waals surface area contributed by atoms with Crippen molar-refractivity contribution in [3.05, 3.63) is 23.8 Å². The molecule has 6 heteroatoms. The first kappa shape index (κ1) is 15.1. The standard InChI is InChI=1S/C16H22N2O4/c1-18(16(19)9-17-8-13-3-2-6-20-13)10-12-4-5-14-15(7-12)22-11-21-14/h4-5,7,13,17H,2-3,6,8-11H2,1H3. The summed E-state index contributed by atoms with van der Waals surface area (Å²) in [4.78, 5) is 13.8. The molecule has 1 saturated heterocycles. The van der Waals surface area contributed by atoms with Crippen molar-refractivity contribution in [2.75, 3.05) is 33.5 Å². The van der Waals surface area contributed by atoms with Crippen LogP contribution in [0.25, 0.3) is 0 Å². The maximum atomic E-state index is 12.1. The van der Waals surface area contributed by atoms with E-state index in [0.29, 0.717) is 13.1 Å². The minimum Gasteiger partial charge on any atom is -0.454 e. The lowest BCUT2D eigenvalue weighted by atomic mass is 10.2. The maximum Gasteiger partial charge on any atom is 0.236 e. The number of ether oxygens (including phenoxy) is 3. The SMILES string of the molecule is CN(Cc1ccc2c(c1)OCO2)C(=O)CNCC1CCCO1. The Kier molecular flexibility index (Phi) is 4.80. The van der Waals surface area contributed by atoms with E-state index in [2.05, 4.69) is 5.32 Å². The first-order chi connectivity index (χ1) is 10.7. The number of likely N-dealkylation sites (N-methyl/N-ethyl adjacent to an activating group) is 1. The molecule has 0 aliphatic carbocycles. The number of fused-ring (bicyclic) bond motifs is 1. The highest BCUT2D eigenvalue weighted by atomic mass is 16.7. The third-order valence-corrected chi connectivity index (χ3v) is 3.95. The van der Waals surface area contributed by atoms with Crippen LogP contribution in [0.15, 0.2) is 18.2 Å². The summed E-state index contributed by atoms with van der Waals surface area (Å²) >= 11 is 0. The zero-order chi connectivity index (χ0) is 15.4. The van der Waals surface area contributed by atoms with E-state index in [9.17, 15) is 4.79 Å². The summed E-state index contributed by atoms with van der Waals surface area (Å²) in [6, 6.07) is 5.76. The van der Waals surface area contributed by atoms with Crippen LogP contribution in [0.3, 0.4) is 0 Å². The molecule has 0 spiro atoms. The molecule has 1 aromatic rings. The first-order valence-electron chi connectivity index (χ1n) is 7.67. The Balaban J connectivity index is 1.44. The van der Waals surface area contributed by atoms with Gasteiger partial charge in [0.1, 0.15) is 0 Å². The summed E-state index contributed by atoms with van der Waals surface area (Å²) in [5.41, 5.74) is 1.03. The highest BCUT2D eigenvalue weighted by molar-refractivity contribution is 5.78. The van der Waals surface area contributed by atoms with Crippen LogP contribution in [0.1, 0.15) is 18.4 Å². The predicted molar refractivity (Wildman–Crippen MR) is 80.9 cm³/mol. The van der Waals surface area contributed by atoms with Gasteiger partial charge in [-0.3, -0.25) is 4.79 Å². The number of amides is 1. The van der Waals surface area contributed by atoms with Gasteiger partial charge in [-0.05, 0) is 30.5 Å². The number of carbonyl (C=O) groups is 1. The van der Waals surface area contributed by atoms with Gasteiger partial charge in [-0.2, -0.15) is 0 Å². The van der Waals surface area contributed by atoms with E-state index in [1.807, 2.05) is 18.2 Å². The molecule has 1 fully saturated rings. The first-order valence-corrected chi connectivity index (χ1v) is 7.67. The van der Waals surface area contributed by atoms with Gasteiger partial charge in [0.05, 0.1) is 12.6 Å². The molecule has 0 radical (unpaired) electrons. The van der Waals surface area contributed by atoms with Crippen molar-refractivity contribution in [1.29, 1.82) is 0 Å². The number of benzene rings is 1. The van der Waals surface area contributed by atoms with E-state index in [1.54, 1.807) is 11.9 Å².